The van der Waals surface area contributed by atoms with Crippen molar-refractivity contribution in [3.8, 4) is 17.2 Å². The Balaban J connectivity index is 1.68. The molecule has 0 unspecified atom stereocenters. The van der Waals surface area contributed by atoms with E-state index < -0.39 is 6.36 Å². The number of rotatable bonds is 9. The Bertz CT molecular complexity index is 795. The normalized spacial score (nSPS) is 10.9. The highest BCUT2D eigenvalue weighted by Gasteiger charge is 2.30. The average Bonchev–Trinajstić information content (AvgIpc) is 2.68. The zero-order valence-electron chi connectivity index (χ0n) is 16.1. The molecule has 0 aliphatic heterocycles. The lowest BCUT2D eigenvalue weighted by atomic mass is 10.1. The molecule has 2 rings (SSSR count). The maximum absolute atomic E-state index is 12.1. The van der Waals surface area contributed by atoms with E-state index in [-0.39, 0.29) is 11.8 Å². The molecule has 0 aliphatic carbocycles. The van der Waals surface area contributed by atoms with Gasteiger partial charge in [0.05, 0.1) is 14.2 Å². The molecule has 0 saturated heterocycles. The van der Waals surface area contributed by atoms with E-state index in [0.717, 1.165) is 11.1 Å². The second-order valence-electron chi connectivity index (χ2n) is 6.06. The number of hydrogen-bond donors (Lipinski definition) is 2. The first-order valence-electron chi connectivity index (χ1n) is 8.88. The highest BCUT2D eigenvalue weighted by Crippen LogP contribution is 2.27. The van der Waals surface area contributed by atoms with Crippen molar-refractivity contribution in [3.63, 3.8) is 0 Å². The lowest BCUT2D eigenvalue weighted by molar-refractivity contribution is -0.274. The monoisotopic (exact) mass is 412 g/mol. The number of halogens is 3. The molecule has 0 aliphatic rings. The van der Waals surface area contributed by atoms with Crippen molar-refractivity contribution in [2.75, 3.05) is 27.3 Å². The number of urea groups is 1. The van der Waals surface area contributed by atoms with Gasteiger partial charge in [0.15, 0.2) is 11.5 Å². The van der Waals surface area contributed by atoms with Gasteiger partial charge in [-0.2, -0.15) is 0 Å². The minimum atomic E-state index is -4.71. The number of alkyl halides is 3. The number of carbonyl (C=O) groups excluding carboxylic acids is 1. The van der Waals surface area contributed by atoms with Crippen LogP contribution < -0.4 is 24.8 Å². The van der Waals surface area contributed by atoms with Crippen LogP contribution in [0.2, 0.25) is 0 Å². The summed E-state index contributed by atoms with van der Waals surface area (Å²) in [4.78, 5) is 11.8. The topological polar surface area (TPSA) is 68.8 Å². The van der Waals surface area contributed by atoms with Crippen LogP contribution in [0.25, 0.3) is 0 Å². The van der Waals surface area contributed by atoms with E-state index in [1.165, 1.54) is 24.3 Å². The molecule has 29 heavy (non-hydrogen) atoms. The largest absolute Gasteiger partial charge is 0.573 e. The molecule has 158 valence electrons. The number of benzene rings is 2. The third-order valence-corrected chi connectivity index (χ3v) is 4.00. The van der Waals surface area contributed by atoms with Crippen molar-refractivity contribution >= 4 is 6.03 Å². The molecule has 2 aromatic rings. The number of amides is 2. The van der Waals surface area contributed by atoms with Crippen LogP contribution in [0.5, 0.6) is 17.2 Å². The summed E-state index contributed by atoms with van der Waals surface area (Å²) in [5, 5.41) is 5.46. The van der Waals surface area contributed by atoms with E-state index in [9.17, 15) is 18.0 Å². The summed E-state index contributed by atoms with van der Waals surface area (Å²) in [5.74, 6) is 0.989. The van der Waals surface area contributed by atoms with E-state index in [1.54, 1.807) is 20.3 Å². The lowest BCUT2D eigenvalue weighted by Crippen LogP contribution is -2.37. The third kappa shape index (κ3) is 7.81. The number of ether oxygens (including phenoxy) is 3. The number of methoxy groups -OCH3 is 2. The van der Waals surface area contributed by atoms with Crippen LogP contribution in [0.3, 0.4) is 0 Å². The molecule has 2 N–H and O–H groups in total. The second-order valence-corrected chi connectivity index (χ2v) is 6.06. The van der Waals surface area contributed by atoms with Gasteiger partial charge in [0.2, 0.25) is 0 Å². The zero-order valence-corrected chi connectivity index (χ0v) is 16.1. The summed E-state index contributed by atoms with van der Waals surface area (Å²) in [6, 6.07) is 10.8. The number of nitrogens with one attached hydrogen (secondary N) is 2. The van der Waals surface area contributed by atoms with Crippen LogP contribution in [-0.2, 0) is 12.8 Å². The van der Waals surface area contributed by atoms with E-state index in [2.05, 4.69) is 15.4 Å². The van der Waals surface area contributed by atoms with Crippen molar-refractivity contribution in [2.45, 2.75) is 19.2 Å². The van der Waals surface area contributed by atoms with Crippen LogP contribution in [0.1, 0.15) is 11.1 Å². The Morgan fingerprint density at radius 2 is 1.41 bits per heavy atom. The van der Waals surface area contributed by atoms with Crippen LogP contribution in [0, 0.1) is 0 Å². The van der Waals surface area contributed by atoms with Crippen molar-refractivity contribution in [1.82, 2.24) is 10.6 Å². The molecule has 0 spiro atoms. The van der Waals surface area contributed by atoms with Crippen LogP contribution >= 0.6 is 0 Å². The third-order valence-electron chi connectivity index (χ3n) is 4.00. The Labute approximate surface area is 167 Å². The highest BCUT2D eigenvalue weighted by molar-refractivity contribution is 5.73. The summed E-state index contributed by atoms with van der Waals surface area (Å²) < 4.78 is 50.6. The van der Waals surface area contributed by atoms with Crippen molar-refractivity contribution in [1.29, 1.82) is 0 Å². The number of hydrogen-bond acceptors (Lipinski definition) is 4. The van der Waals surface area contributed by atoms with Gasteiger partial charge < -0.3 is 24.8 Å². The first-order valence-corrected chi connectivity index (χ1v) is 8.88. The standard InChI is InChI=1S/C20H23F3N2O4/c1-27-17-8-5-15(13-18(17)28-2)10-12-25-19(26)24-11-9-14-3-6-16(7-4-14)29-20(21,22)23/h3-8,13H,9-12H2,1-2H3,(H2,24,25,26). The molecular weight excluding hydrogens is 389 g/mol. The smallest absolute Gasteiger partial charge is 0.493 e. The van der Waals surface area contributed by atoms with E-state index in [0.29, 0.717) is 37.4 Å². The maximum atomic E-state index is 12.1. The fourth-order valence-electron chi connectivity index (χ4n) is 2.60. The van der Waals surface area contributed by atoms with Gasteiger partial charge in [-0.1, -0.05) is 18.2 Å². The van der Waals surface area contributed by atoms with E-state index in [1.807, 2.05) is 12.1 Å². The van der Waals surface area contributed by atoms with Crippen LogP contribution in [0.15, 0.2) is 42.5 Å². The Hall–Kier alpha value is -3.10. The van der Waals surface area contributed by atoms with Gasteiger partial charge in [-0.15, -0.1) is 13.2 Å². The van der Waals surface area contributed by atoms with Gasteiger partial charge >= 0.3 is 12.4 Å². The molecule has 0 radical (unpaired) electrons. The average molecular weight is 412 g/mol. The quantitative estimate of drug-likeness (QED) is 0.659. The second kappa shape index (κ2) is 10.4. The van der Waals surface area contributed by atoms with E-state index in [4.69, 9.17) is 9.47 Å². The van der Waals surface area contributed by atoms with Crippen molar-refractivity contribution in [3.05, 3.63) is 53.6 Å². The fourth-order valence-corrected chi connectivity index (χ4v) is 2.60. The van der Waals surface area contributed by atoms with Gasteiger partial charge in [-0.25, -0.2) is 4.79 Å². The lowest BCUT2D eigenvalue weighted by Gasteiger charge is -2.11. The molecular formula is C20H23F3N2O4. The Morgan fingerprint density at radius 3 is 1.97 bits per heavy atom. The van der Waals surface area contributed by atoms with Crippen molar-refractivity contribution < 1.29 is 32.2 Å². The fraction of sp³-hybridized carbons (Fsp3) is 0.350. The molecule has 2 amide bonds. The first-order chi connectivity index (χ1) is 13.8. The zero-order chi connectivity index (χ0) is 21.3. The van der Waals surface area contributed by atoms with Gasteiger partial charge in [-0.05, 0) is 48.2 Å². The molecule has 9 heteroatoms. The SMILES string of the molecule is COc1ccc(CCNC(=O)NCCc2ccc(OC(F)(F)F)cc2)cc1OC. The molecule has 0 aromatic heterocycles. The highest BCUT2D eigenvalue weighted by atomic mass is 19.4. The van der Waals surface area contributed by atoms with Crippen LogP contribution in [-0.4, -0.2) is 39.7 Å². The molecule has 0 fully saturated rings. The Morgan fingerprint density at radius 1 is 0.862 bits per heavy atom. The molecule has 2 aromatic carbocycles. The van der Waals surface area contributed by atoms with Gasteiger partial charge in [0, 0.05) is 13.1 Å². The summed E-state index contributed by atoms with van der Waals surface area (Å²) >= 11 is 0. The Kier molecular flexibility index (Phi) is 7.99. The number of carbonyl (C=O) groups is 1. The van der Waals surface area contributed by atoms with Crippen molar-refractivity contribution in [2.24, 2.45) is 0 Å². The maximum Gasteiger partial charge on any atom is 0.573 e. The summed E-state index contributed by atoms with van der Waals surface area (Å²) in [6.07, 6.45) is -3.61. The summed E-state index contributed by atoms with van der Waals surface area (Å²) in [6.45, 7) is 0.784. The van der Waals surface area contributed by atoms with Crippen LogP contribution in [0.4, 0.5) is 18.0 Å². The minimum absolute atomic E-state index is 0.276. The van der Waals surface area contributed by atoms with Gasteiger partial charge in [0.1, 0.15) is 5.75 Å². The predicted molar refractivity (Wildman–Crippen MR) is 101 cm³/mol. The summed E-state index contributed by atoms with van der Waals surface area (Å²) in [5.41, 5.74) is 1.77. The minimum Gasteiger partial charge on any atom is -0.493 e. The molecule has 0 heterocycles. The summed E-state index contributed by atoms with van der Waals surface area (Å²) in [7, 11) is 3.12. The molecule has 6 nitrogen and oxygen atoms in total. The van der Waals surface area contributed by atoms with Gasteiger partial charge in [-0.3, -0.25) is 0 Å². The first kappa shape index (κ1) is 22.2. The molecule has 0 bridgehead atoms. The molecule has 0 atom stereocenters. The predicted octanol–water partition coefficient (Wildman–Crippen LogP) is 3.69. The molecule has 0 saturated carbocycles. The van der Waals surface area contributed by atoms with Gasteiger partial charge in [0.25, 0.3) is 0 Å². The van der Waals surface area contributed by atoms with E-state index >= 15 is 0 Å².